The lowest BCUT2D eigenvalue weighted by Gasteiger charge is -2.22. The summed E-state index contributed by atoms with van der Waals surface area (Å²) in [5, 5.41) is 8.26. The molecule has 1 heterocycles. The lowest BCUT2D eigenvalue weighted by molar-refractivity contribution is 0.554. The molecule has 1 aromatic carbocycles. The second-order valence-corrected chi connectivity index (χ2v) is 5.41. The van der Waals surface area contributed by atoms with E-state index in [4.69, 9.17) is 5.10 Å². The van der Waals surface area contributed by atoms with E-state index in [2.05, 4.69) is 43.6 Å². The lowest BCUT2D eigenvalue weighted by Crippen LogP contribution is -2.18. The summed E-state index contributed by atoms with van der Waals surface area (Å²) in [6.07, 6.45) is 3.71. The van der Waals surface area contributed by atoms with E-state index in [1.807, 2.05) is 10.7 Å². The second-order valence-electron chi connectivity index (χ2n) is 5.41. The number of nitrogens with one attached hydrogen (secondary N) is 1. The van der Waals surface area contributed by atoms with Crippen molar-refractivity contribution in [2.24, 2.45) is 7.05 Å². The quantitative estimate of drug-likeness (QED) is 0.912. The Hall–Kier alpha value is -1.77. The van der Waals surface area contributed by atoms with Gasteiger partial charge in [0.15, 0.2) is 0 Å². The first-order chi connectivity index (χ1) is 9.25. The minimum absolute atomic E-state index is 0.545. The fraction of sp³-hybridized carbons (Fsp3) is 0.438. The minimum Gasteiger partial charge on any atom is -0.384 e. The predicted octanol–water partition coefficient (Wildman–Crippen LogP) is 3.26. The summed E-state index contributed by atoms with van der Waals surface area (Å²) in [4.78, 5) is 0. The number of benzene rings is 1. The minimum atomic E-state index is 0.545. The van der Waals surface area contributed by atoms with Crippen molar-refractivity contribution in [1.82, 2.24) is 9.78 Å². The SMILES string of the molecule is Cc1c2c(nn1C)C(CNc1ccccc1)CCC2. The summed E-state index contributed by atoms with van der Waals surface area (Å²) in [6, 6.07) is 10.4. The monoisotopic (exact) mass is 255 g/mol. The Morgan fingerprint density at radius 2 is 2.11 bits per heavy atom. The van der Waals surface area contributed by atoms with E-state index in [0.29, 0.717) is 5.92 Å². The van der Waals surface area contributed by atoms with Crippen LogP contribution in [0.5, 0.6) is 0 Å². The van der Waals surface area contributed by atoms with E-state index in [0.717, 1.165) is 6.54 Å². The van der Waals surface area contributed by atoms with Gasteiger partial charge in [-0.2, -0.15) is 5.10 Å². The van der Waals surface area contributed by atoms with Crippen LogP contribution in [-0.4, -0.2) is 16.3 Å². The van der Waals surface area contributed by atoms with E-state index in [9.17, 15) is 0 Å². The standard InChI is InChI=1S/C16H21N3/c1-12-15-10-6-7-13(16(15)18-19(12)2)11-17-14-8-4-3-5-9-14/h3-5,8-9,13,17H,6-7,10-11H2,1-2H3. The van der Waals surface area contributed by atoms with Crippen molar-refractivity contribution in [1.29, 1.82) is 0 Å². The van der Waals surface area contributed by atoms with Crippen molar-refractivity contribution >= 4 is 5.69 Å². The highest BCUT2D eigenvalue weighted by Gasteiger charge is 2.25. The Morgan fingerprint density at radius 1 is 1.32 bits per heavy atom. The van der Waals surface area contributed by atoms with Gasteiger partial charge in [0.25, 0.3) is 0 Å². The molecule has 3 rings (SSSR count). The topological polar surface area (TPSA) is 29.9 Å². The molecule has 3 nitrogen and oxygen atoms in total. The second kappa shape index (κ2) is 5.08. The van der Waals surface area contributed by atoms with Crippen molar-refractivity contribution in [3.63, 3.8) is 0 Å². The van der Waals surface area contributed by atoms with Gasteiger partial charge in [0.1, 0.15) is 0 Å². The Morgan fingerprint density at radius 3 is 2.89 bits per heavy atom. The Kier molecular flexibility index (Phi) is 3.28. The number of aromatic nitrogens is 2. The van der Waals surface area contributed by atoms with Gasteiger partial charge in [-0.1, -0.05) is 18.2 Å². The van der Waals surface area contributed by atoms with Crippen LogP contribution in [0.2, 0.25) is 0 Å². The van der Waals surface area contributed by atoms with Crippen LogP contribution >= 0.6 is 0 Å². The molecule has 2 aromatic rings. The number of hydrogen-bond donors (Lipinski definition) is 1. The number of anilines is 1. The third kappa shape index (κ3) is 2.37. The van der Waals surface area contributed by atoms with Gasteiger partial charge in [0.05, 0.1) is 5.69 Å². The first-order valence-electron chi connectivity index (χ1n) is 7.07. The molecule has 0 bridgehead atoms. The Bertz CT molecular complexity index is 557. The molecule has 1 aromatic heterocycles. The first kappa shape index (κ1) is 12.3. The average molecular weight is 255 g/mol. The van der Waals surface area contributed by atoms with Crippen LogP contribution in [0, 0.1) is 6.92 Å². The van der Waals surface area contributed by atoms with Gasteiger partial charge >= 0.3 is 0 Å². The molecule has 19 heavy (non-hydrogen) atoms. The highest BCUT2D eigenvalue weighted by Crippen LogP contribution is 2.32. The van der Waals surface area contributed by atoms with Crippen molar-refractivity contribution < 1.29 is 0 Å². The maximum atomic E-state index is 4.72. The summed E-state index contributed by atoms with van der Waals surface area (Å²) in [6.45, 7) is 3.16. The summed E-state index contributed by atoms with van der Waals surface area (Å²) >= 11 is 0. The summed E-state index contributed by atoms with van der Waals surface area (Å²) in [5.41, 5.74) is 5.32. The van der Waals surface area contributed by atoms with Crippen LogP contribution < -0.4 is 5.32 Å². The van der Waals surface area contributed by atoms with Gasteiger partial charge < -0.3 is 5.32 Å². The molecule has 3 heteroatoms. The zero-order chi connectivity index (χ0) is 13.2. The predicted molar refractivity (Wildman–Crippen MR) is 78.6 cm³/mol. The number of para-hydroxylation sites is 1. The molecule has 0 fully saturated rings. The first-order valence-corrected chi connectivity index (χ1v) is 7.07. The molecule has 1 atom stereocenters. The zero-order valence-corrected chi connectivity index (χ0v) is 11.7. The van der Waals surface area contributed by atoms with Gasteiger partial charge in [-0.15, -0.1) is 0 Å². The summed E-state index contributed by atoms with van der Waals surface area (Å²) in [5.74, 6) is 0.545. The Balaban J connectivity index is 1.75. The maximum Gasteiger partial charge on any atom is 0.0707 e. The molecule has 0 spiro atoms. The van der Waals surface area contributed by atoms with Crippen LogP contribution in [0.4, 0.5) is 5.69 Å². The number of rotatable bonds is 3. The third-order valence-electron chi connectivity index (χ3n) is 4.18. The molecule has 100 valence electrons. The fourth-order valence-electron chi connectivity index (χ4n) is 2.97. The largest absolute Gasteiger partial charge is 0.384 e. The Labute approximate surface area is 114 Å². The molecular formula is C16H21N3. The van der Waals surface area contributed by atoms with E-state index < -0.39 is 0 Å². The van der Waals surface area contributed by atoms with Crippen LogP contribution in [-0.2, 0) is 13.5 Å². The molecular weight excluding hydrogens is 234 g/mol. The van der Waals surface area contributed by atoms with Crippen molar-refractivity contribution in [3.8, 4) is 0 Å². The molecule has 1 aliphatic rings. The maximum absolute atomic E-state index is 4.72. The lowest BCUT2D eigenvalue weighted by atomic mass is 9.87. The van der Waals surface area contributed by atoms with E-state index in [1.54, 1.807) is 0 Å². The normalized spacial score (nSPS) is 18.1. The van der Waals surface area contributed by atoms with Crippen molar-refractivity contribution in [2.45, 2.75) is 32.1 Å². The van der Waals surface area contributed by atoms with Crippen LogP contribution in [0.3, 0.4) is 0 Å². The van der Waals surface area contributed by atoms with Gasteiger partial charge in [0.2, 0.25) is 0 Å². The van der Waals surface area contributed by atoms with Crippen LogP contribution in [0.25, 0.3) is 0 Å². The van der Waals surface area contributed by atoms with Gasteiger partial charge in [-0.25, -0.2) is 0 Å². The molecule has 0 amide bonds. The number of aryl methyl sites for hydroxylation is 1. The average Bonchev–Trinajstić information content (AvgIpc) is 2.74. The van der Waals surface area contributed by atoms with Gasteiger partial charge in [-0.05, 0) is 43.9 Å². The number of fused-ring (bicyclic) bond motifs is 1. The van der Waals surface area contributed by atoms with Crippen molar-refractivity contribution in [3.05, 3.63) is 47.3 Å². The van der Waals surface area contributed by atoms with Gasteiger partial charge in [0, 0.05) is 30.9 Å². The molecule has 0 saturated carbocycles. The zero-order valence-electron chi connectivity index (χ0n) is 11.7. The van der Waals surface area contributed by atoms with Gasteiger partial charge in [-0.3, -0.25) is 4.68 Å². The van der Waals surface area contributed by atoms with E-state index in [1.165, 1.54) is 41.9 Å². The molecule has 0 aliphatic heterocycles. The molecule has 1 unspecified atom stereocenters. The molecule has 1 aliphatic carbocycles. The molecule has 0 radical (unpaired) electrons. The van der Waals surface area contributed by atoms with Crippen LogP contribution in [0.1, 0.15) is 35.7 Å². The number of nitrogens with zero attached hydrogens (tertiary/aromatic N) is 2. The summed E-state index contributed by atoms with van der Waals surface area (Å²) < 4.78 is 2.03. The highest BCUT2D eigenvalue weighted by atomic mass is 15.3. The fourth-order valence-corrected chi connectivity index (χ4v) is 2.97. The van der Waals surface area contributed by atoms with E-state index in [-0.39, 0.29) is 0 Å². The molecule has 0 saturated heterocycles. The summed E-state index contributed by atoms with van der Waals surface area (Å²) in [7, 11) is 2.05. The molecule has 1 N–H and O–H groups in total. The van der Waals surface area contributed by atoms with Crippen molar-refractivity contribution in [2.75, 3.05) is 11.9 Å². The van der Waals surface area contributed by atoms with E-state index >= 15 is 0 Å². The third-order valence-corrected chi connectivity index (χ3v) is 4.18. The number of hydrogen-bond acceptors (Lipinski definition) is 2. The highest BCUT2D eigenvalue weighted by molar-refractivity contribution is 5.43. The smallest absolute Gasteiger partial charge is 0.0707 e. The van der Waals surface area contributed by atoms with Crippen LogP contribution in [0.15, 0.2) is 30.3 Å².